The number of hydrogen-bond acceptors (Lipinski definition) is 2. The van der Waals surface area contributed by atoms with Crippen LogP contribution < -0.4 is 0 Å². The molecule has 2 aliphatic rings. The third-order valence-corrected chi connectivity index (χ3v) is 3.09. The van der Waals surface area contributed by atoms with Gasteiger partial charge in [-0.2, -0.15) is 0 Å². The molecule has 0 radical (unpaired) electrons. The zero-order valence-corrected chi connectivity index (χ0v) is 9.03. The molecule has 2 nitrogen and oxygen atoms in total. The first kappa shape index (κ1) is 11.0. The van der Waals surface area contributed by atoms with Gasteiger partial charge in [-0.05, 0) is 12.8 Å². The lowest BCUT2D eigenvalue weighted by Gasteiger charge is -2.11. The Bertz CT molecular complexity index is 405. The van der Waals surface area contributed by atoms with Crippen LogP contribution >= 0.6 is 0 Å². The monoisotopic (exact) mass is 214 g/mol. The van der Waals surface area contributed by atoms with Crippen LogP contribution in [0.25, 0.3) is 0 Å². The number of aliphatic hydroxyl groups is 2. The van der Waals surface area contributed by atoms with Crippen molar-refractivity contribution in [3.05, 3.63) is 23.3 Å². The van der Waals surface area contributed by atoms with Gasteiger partial charge < -0.3 is 10.2 Å². The fourth-order valence-electron chi connectivity index (χ4n) is 2.40. The average Bonchev–Trinajstić information content (AvgIpc) is 2.86. The van der Waals surface area contributed by atoms with Gasteiger partial charge in [0, 0.05) is 23.0 Å². The minimum Gasteiger partial charge on any atom is -0.384 e. The highest BCUT2D eigenvalue weighted by Crippen LogP contribution is 2.43. The van der Waals surface area contributed by atoms with Crippen molar-refractivity contribution in [1.82, 2.24) is 0 Å². The van der Waals surface area contributed by atoms with Crippen molar-refractivity contribution < 1.29 is 10.2 Å². The summed E-state index contributed by atoms with van der Waals surface area (Å²) in [6, 6.07) is 0. The van der Waals surface area contributed by atoms with Gasteiger partial charge in [0.1, 0.15) is 13.2 Å². The highest BCUT2D eigenvalue weighted by molar-refractivity contribution is 5.45. The summed E-state index contributed by atoms with van der Waals surface area (Å²) < 4.78 is 0. The van der Waals surface area contributed by atoms with Crippen LogP contribution in [0.4, 0.5) is 0 Å². The average molecular weight is 214 g/mol. The molecule has 2 heteroatoms. The number of fused-ring (bicyclic) bond motifs is 1. The van der Waals surface area contributed by atoms with Crippen LogP contribution in [0.2, 0.25) is 0 Å². The van der Waals surface area contributed by atoms with Crippen LogP contribution in [-0.2, 0) is 0 Å². The smallest absolute Gasteiger partial charge is 0.104 e. The minimum atomic E-state index is -0.0840. The standard InChI is InChI=1S/C14H14O2/c15-9-1-3-11-5-7-14-12(4-2-10-16)6-8-13(11)14/h5-6,13-16H,7-10H2/t13-,14+. The molecule has 0 saturated carbocycles. The van der Waals surface area contributed by atoms with E-state index in [1.165, 1.54) is 0 Å². The van der Waals surface area contributed by atoms with Crippen LogP contribution in [0.1, 0.15) is 12.8 Å². The lowest BCUT2D eigenvalue weighted by atomic mass is 9.90. The highest BCUT2D eigenvalue weighted by Gasteiger charge is 2.34. The van der Waals surface area contributed by atoms with Gasteiger partial charge in [-0.25, -0.2) is 0 Å². The number of aliphatic hydroxyl groups excluding tert-OH is 2. The van der Waals surface area contributed by atoms with E-state index >= 15 is 0 Å². The Kier molecular flexibility index (Phi) is 3.47. The van der Waals surface area contributed by atoms with Crippen molar-refractivity contribution in [1.29, 1.82) is 0 Å². The van der Waals surface area contributed by atoms with Crippen molar-refractivity contribution in [3.63, 3.8) is 0 Å². The maximum absolute atomic E-state index is 8.67. The molecular formula is C14H14O2. The molecule has 2 rings (SSSR count). The lowest BCUT2D eigenvalue weighted by Crippen LogP contribution is -2.06. The van der Waals surface area contributed by atoms with Crippen LogP contribution in [0, 0.1) is 35.5 Å². The van der Waals surface area contributed by atoms with Gasteiger partial charge in [0.15, 0.2) is 0 Å². The second-order valence-electron chi connectivity index (χ2n) is 3.92. The Labute approximate surface area is 95.7 Å². The predicted molar refractivity (Wildman–Crippen MR) is 62.1 cm³/mol. The van der Waals surface area contributed by atoms with E-state index in [1.54, 1.807) is 0 Å². The maximum Gasteiger partial charge on any atom is 0.104 e. The fraction of sp³-hybridized carbons (Fsp3) is 0.429. The van der Waals surface area contributed by atoms with E-state index in [0.717, 1.165) is 24.0 Å². The molecule has 82 valence electrons. The molecule has 0 bridgehead atoms. The summed E-state index contributed by atoms with van der Waals surface area (Å²) in [5, 5.41) is 17.3. The summed E-state index contributed by atoms with van der Waals surface area (Å²) in [7, 11) is 0. The van der Waals surface area contributed by atoms with E-state index in [0.29, 0.717) is 11.8 Å². The summed E-state index contributed by atoms with van der Waals surface area (Å²) >= 11 is 0. The predicted octanol–water partition coefficient (Wildman–Crippen LogP) is 0.870. The first-order valence-electron chi connectivity index (χ1n) is 5.46. The Morgan fingerprint density at radius 3 is 1.75 bits per heavy atom. The van der Waals surface area contributed by atoms with Crippen LogP contribution in [-0.4, -0.2) is 23.4 Å². The summed E-state index contributed by atoms with van der Waals surface area (Å²) in [5.41, 5.74) is 2.27. The molecule has 0 aliphatic heterocycles. The maximum atomic E-state index is 8.67. The molecule has 0 aromatic carbocycles. The van der Waals surface area contributed by atoms with Gasteiger partial charge in [-0.3, -0.25) is 0 Å². The third-order valence-electron chi connectivity index (χ3n) is 3.09. The van der Waals surface area contributed by atoms with Crippen molar-refractivity contribution >= 4 is 0 Å². The molecule has 2 aliphatic carbocycles. The molecule has 0 unspecified atom stereocenters. The molecule has 0 spiro atoms. The summed E-state index contributed by atoms with van der Waals surface area (Å²) in [6.07, 6.45) is 6.25. The summed E-state index contributed by atoms with van der Waals surface area (Å²) in [6.45, 7) is -0.168. The molecule has 16 heavy (non-hydrogen) atoms. The first-order chi connectivity index (χ1) is 7.86. The Morgan fingerprint density at radius 1 is 0.938 bits per heavy atom. The van der Waals surface area contributed by atoms with E-state index in [-0.39, 0.29) is 13.2 Å². The SMILES string of the molecule is OCC#CC1=CC[C@H]2C(C#CCO)=CC[C@H]12. The third kappa shape index (κ3) is 2.04. The van der Waals surface area contributed by atoms with Gasteiger partial charge in [-0.1, -0.05) is 35.8 Å². The number of allylic oxidation sites excluding steroid dienone is 4. The van der Waals surface area contributed by atoms with Crippen LogP contribution in [0.5, 0.6) is 0 Å². The minimum absolute atomic E-state index is 0.0840. The second kappa shape index (κ2) is 5.03. The van der Waals surface area contributed by atoms with Crippen LogP contribution in [0.15, 0.2) is 23.3 Å². The van der Waals surface area contributed by atoms with Gasteiger partial charge >= 0.3 is 0 Å². The summed E-state index contributed by atoms with van der Waals surface area (Å²) in [5.74, 6) is 12.3. The van der Waals surface area contributed by atoms with Gasteiger partial charge in [-0.15, -0.1) is 0 Å². The van der Waals surface area contributed by atoms with Gasteiger partial charge in [0.25, 0.3) is 0 Å². The van der Waals surface area contributed by atoms with Gasteiger partial charge in [0.05, 0.1) is 0 Å². The molecule has 0 fully saturated rings. The highest BCUT2D eigenvalue weighted by atomic mass is 16.3. The molecule has 2 atom stereocenters. The van der Waals surface area contributed by atoms with E-state index in [2.05, 4.69) is 35.8 Å². The first-order valence-corrected chi connectivity index (χ1v) is 5.46. The molecular weight excluding hydrogens is 200 g/mol. The largest absolute Gasteiger partial charge is 0.384 e. The number of hydrogen-bond donors (Lipinski definition) is 2. The Morgan fingerprint density at radius 2 is 1.38 bits per heavy atom. The zero-order valence-electron chi connectivity index (χ0n) is 9.03. The fourth-order valence-corrected chi connectivity index (χ4v) is 2.40. The zero-order chi connectivity index (χ0) is 11.4. The van der Waals surface area contributed by atoms with E-state index in [4.69, 9.17) is 10.2 Å². The molecule has 0 aromatic heterocycles. The molecule has 0 heterocycles. The normalized spacial score (nSPS) is 25.9. The molecule has 0 amide bonds. The van der Waals surface area contributed by atoms with Crippen molar-refractivity contribution in [2.75, 3.05) is 13.2 Å². The van der Waals surface area contributed by atoms with E-state index in [1.807, 2.05) is 0 Å². The quantitative estimate of drug-likeness (QED) is 0.587. The summed E-state index contributed by atoms with van der Waals surface area (Å²) in [4.78, 5) is 0. The molecule has 0 aromatic rings. The van der Waals surface area contributed by atoms with E-state index < -0.39 is 0 Å². The Hall–Kier alpha value is -1.48. The van der Waals surface area contributed by atoms with Gasteiger partial charge in [0.2, 0.25) is 0 Å². The molecule has 2 N–H and O–H groups in total. The van der Waals surface area contributed by atoms with Crippen LogP contribution in [0.3, 0.4) is 0 Å². The van der Waals surface area contributed by atoms with E-state index in [9.17, 15) is 0 Å². The topological polar surface area (TPSA) is 40.5 Å². The molecule has 0 saturated heterocycles. The van der Waals surface area contributed by atoms with Crippen molar-refractivity contribution in [3.8, 4) is 23.7 Å². The number of rotatable bonds is 0. The van der Waals surface area contributed by atoms with Crippen molar-refractivity contribution in [2.24, 2.45) is 11.8 Å². The van der Waals surface area contributed by atoms with Crippen molar-refractivity contribution in [2.45, 2.75) is 12.8 Å². The Balaban J connectivity index is 2.07. The lowest BCUT2D eigenvalue weighted by molar-refractivity contribution is 0.350. The second-order valence-corrected chi connectivity index (χ2v) is 3.92.